The highest BCUT2D eigenvalue weighted by atomic mass is 16.5. The lowest BCUT2D eigenvalue weighted by molar-refractivity contribution is -0.122. The summed E-state index contributed by atoms with van der Waals surface area (Å²) in [6, 6.07) is 14.1. The van der Waals surface area contributed by atoms with Crippen molar-refractivity contribution in [3.8, 4) is 5.75 Å². The van der Waals surface area contributed by atoms with Crippen LogP contribution in [0.2, 0.25) is 0 Å². The van der Waals surface area contributed by atoms with E-state index >= 15 is 0 Å². The molecular weight excluding hydrogens is 394 g/mol. The van der Waals surface area contributed by atoms with Gasteiger partial charge in [-0.3, -0.25) is 4.79 Å². The van der Waals surface area contributed by atoms with Crippen LogP contribution < -0.4 is 15.7 Å². The average Bonchev–Trinajstić information content (AvgIpc) is 2.76. The summed E-state index contributed by atoms with van der Waals surface area (Å²) in [5, 5.41) is 13.2. The van der Waals surface area contributed by atoms with E-state index < -0.39 is 11.7 Å². The molecule has 1 aromatic heterocycles. The third-order valence-corrected chi connectivity index (χ3v) is 5.07. The van der Waals surface area contributed by atoms with Crippen molar-refractivity contribution in [1.29, 1.82) is 0 Å². The van der Waals surface area contributed by atoms with Gasteiger partial charge in [0.1, 0.15) is 17.9 Å². The van der Waals surface area contributed by atoms with Crippen LogP contribution in [0.25, 0.3) is 11.0 Å². The molecule has 1 heterocycles. The highest BCUT2D eigenvalue weighted by molar-refractivity contribution is 5.83. The largest absolute Gasteiger partial charge is 0.489 e. The summed E-state index contributed by atoms with van der Waals surface area (Å²) < 4.78 is 11.1. The van der Waals surface area contributed by atoms with E-state index in [0.717, 1.165) is 22.1 Å². The molecule has 0 radical (unpaired) electrons. The zero-order chi connectivity index (χ0) is 22.4. The monoisotopic (exact) mass is 421 g/mol. The molecule has 3 rings (SSSR count). The summed E-state index contributed by atoms with van der Waals surface area (Å²) in [7, 11) is 0. The Kier molecular flexibility index (Phi) is 7.26. The first-order valence-corrected chi connectivity index (χ1v) is 10.2. The van der Waals surface area contributed by atoms with E-state index in [1.54, 1.807) is 6.07 Å². The zero-order valence-electron chi connectivity index (χ0n) is 17.8. The van der Waals surface area contributed by atoms with E-state index in [9.17, 15) is 14.7 Å². The van der Waals surface area contributed by atoms with Gasteiger partial charge >= 0.3 is 5.63 Å². The third-order valence-electron chi connectivity index (χ3n) is 5.07. The number of hydrogen-bond acceptors (Lipinski definition) is 5. The fourth-order valence-corrected chi connectivity index (χ4v) is 3.38. The predicted molar refractivity (Wildman–Crippen MR) is 120 cm³/mol. The number of aliphatic hydroxyl groups is 1. The van der Waals surface area contributed by atoms with Crippen LogP contribution in [-0.4, -0.2) is 24.2 Å². The van der Waals surface area contributed by atoms with Crippen molar-refractivity contribution in [3.63, 3.8) is 0 Å². The van der Waals surface area contributed by atoms with Crippen LogP contribution in [0.3, 0.4) is 0 Å². The molecule has 31 heavy (non-hydrogen) atoms. The fourth-order valence-electron chi connectivity index (χ4n) is 3.38. The standard InChI is InChI=1S/C25H27NO5/c1-16(2)15-30-19-9-10-20-17(3)21(25(29)31-23(20)13-19)11-12-24(28)26-22(14-27)18-7-5-4-6-8-18/h4-10,13,22,27H,1,11-12,14-15H2,2-3H3,(H,26,28). The first-order chi connectivity index (χ1) is 14.9. The molecule has 2 N–H and O–H groups in total. The van der Waals surface area contributed by atoms with Crippen LogP contribution in [0.15, 0.2) is 69.9 Å². The maximum atomic E-state index is 12.6. The van der Waals surface area contributed by atoms with Crippen LogP contribution in [0.1, 0.15) is 36.1 Å². The molecule has 0 spiro atoms. The van der Waals surface area contributed by atoms with Crippen molar-refractivity contribution in [2.24, 2.45) is 0 Å². The van der Waals surface area contributed by atoms with Gasteiger partial charge in [-0.05, 0) is 49.1 Å². The summed E-state index contributed by atoms with van der Waals surface area (Å²) >= 11 is 0. The van der Waals surface area contributed by atoms with Gasteiger partial charge in [-0.1, -0.05) is 36.9 Å². The van der Waals surface area contributed by atoms with Crippen molar-refractivity contribution >= 4 is 16.9 Å². The molecule has 0 saturated carbocycles. The minimum absolute atomic E-state index is 0.111. The van der Waals surface area contributed by atoms with Gasteiger partial charge in [0.2, 0.25) is 5.91 Å². The third kappa shape index (κ3) is 5.61. The number of aryl methyl sites for hydroxylation is 1. The van der Waals surface area contributed by atoms with Gasteiger partial charge < -0.3 is 19.6 Å². The molecule has 1 amide bonds. The number of benzene rings is 2. The molecule has 0 aliphatic heterocycles. The molecule has 1 unspecified atom stereocenters. The summed E-state index contributed by atoms with van der Waals surface area (Å²) in [5.74, 6) is 0.353. The Bertz CT molecular complexity index is 1130. The smallest absolute Gasteiger partial charge is 0.339 e. The SMILES string of the molecule is C=C(C)COc1ccc2c(C)c(CCC(=O)NC(CO)c3ccccc3)c(=O)oc2c1. The van der Waals surface area contributed by atoms with Gasteiger partial charge in [-0.2, -0.15) is 0 Å². The number of amides is 1. The molecule has 0 aliphatic rings. The highest BCUT2D eigenvalue weighted by Gasteiger charge is 2.16. The quantitative estimate of drug-likeness (QED) is 0.405. The first kappa shape index (κ1) is 22.3. The van der Waals surface area contributed by atoms with Gasteiger partial charge in [-0.15, -0.1) is 0 Å². The Hall–Kier alpha value is -3.38. The van der Waals surface area contributed by atoms with Crippen molar-refractivity contribution in [2.45, 2.75) is 32.7 Å². The number of hydrogen-bond donors (Lipinski definition) is 2. The van der Waals surface area contributed by atoms with Gasteiger partial charge in [0.05, 0.1) is 12.6 Å². The second kappa shape index (κ2) is 10.1. The van der Waals surface area contributed by atoms with Crippen LogP contribution >= 0.6 is 0 Å². The van der Waals surface area contributed by atoms with Gasteiger partial charge in [0.15, 0.2) is 0 Å². The lowest BCUT2D eigenvalue weighted by atomic mass is 10.0. The Balaban J connectivity index is 1.72. The number of rotatable bonds is 9. The fraction of sp³-hybridized carbons (Fsp3) is 0.280. The number of nitrogens with one attached hydrogen (secondary N) is 1. The minimum atomic E-state index is -0.486. The summed E-state index contributed by atoms with van der Waals surface area (Å²) in [6.07, 6.45) is 0.358. The Labute approximate surface area is 181 Å². The number of aliphatic hydroxyl groups excluding tert-OH is 1. The second-order valence-corrected chi connectivity index (χ2v) is 7.61. The van der Waals surface area contributed by atoms with E-state index in [2.05, 4.69) is 11.9 Å². The molecule has 162 valence electrons. The maximum absolute atomic E-state index is 12.6. The average molecular weight is 421 g/mol. The Morgan fingerprint density at radius 2 is 1.97 bits per heavy atom. The molecule has 3 aromatic rings. The molecular formula is C25H27NO5. The molecule has 6 heteroatoms. The van der Waals surface area contributed by atoms with Gasteiger partial charge in [-0.25, -0.2) is 4.79 Å². The Morgan fingerprint density at radius 1 is 1.23 bits per heavy atom. The summed E-state index contributed by atoms with van der Waals surface area (Å²) in [4.78, 5) is 25.0. The predicted octanol–water partition coefficient (Wildman–Crippen LogP) is 3.84. The van der Waals surface area contributed by atoms with E-state index in [1.165, 1.54) is 0 Å². The van der Waals surface area contributed by atoms with E-state index in [-0.39, 0.29) is 25.4 Å². The van der Waals surface area contributed by atoms with Gasteiger partial charge in [0.25, 0.3) is 0 Å². The topological polar surface area (TPSA) is 88.8 Å². The van der Waals surface area contributed by atoms with Gasteiger partial charge in [0, 0.05) is 23.4 Å². The van der Waals surface area contributed by atoms with E-state index in [0.29, 0.717) is 23.5 Å². The van der Waals surface area contributed by atoms with E-state index in [1.807, 2.05) is 56.3 Å². The first-order valence-electron chi connectivity index (χ1n) is 10.2. The molecule has 0 bridgehead atoms. The number of ether oxygens (including phenoxy) is 1. The van der Waals surface area contributed by atoms with Crippen LogP contribution in [0.5, 0.6) is 5.75 Å². The molecule has 0 saturated heterocycles. The van der Waals surface area contributed by atoms with Crippen LogP contribution in [0.4, 0.5) is 0 Å². The van der Waals surface area contributed by atoms with Crippen LogP contribution in [0, 0.1) is 6.92 Å². The van der Waals surface area contributed by atoms with Crippen molar-refractivity contribution in [2.75, 3.05) is 13.2 Å². The second-order valence-electron chi connectivity index (χ2n) is 7.61. The molecule has 1 atom stereocenters. The number of carbonyl (C=O) groups excluding carboxylic acids is 1. The molecule has 2 aromatic carbocycles. The molecule has 0 aliphatic carbocycles. The van der Waals surface area contributed by atoms with Crippen LogP contribution in [-0.2, 0) is 11.2 Å². The summed E-state index contributed by atoms with van der Waals surface area (Å²) in [6.45, 7) is 7.71. The van der Waals surface area contributed by atoms with Crippen molar-refractivity contribution in [3.05, 3.63) is 87.8 Å². The number of carbonyl (C=O) groups is 1. The van der Waals surface area contributed by atoms with Crippen molar-refractivity contribution in [1.82, 2.24) is 5.32 Å². The summed E-state index contributed by atoms with van der Waals surface area (Å²) in [5.41, 5.74) is 2.95. The highest BCUT2D eigenvalue weighted by Crippen LogP contribution is 2.25. The lowest BCUT2D eigenvalue weighted by Gasteiger charge is -2.17. The molecule has 0 fully saturated rings. The normalized spacial score (nSPS) is 11.8. The maximum Gasteiger partial charge on any atom is 0.339 e. The van der Waals surface area contributed by atoms with E-state index in [4.69, 9.17) is 9.15 Å². The number of fused-ring (bicyclic) bond motifs is 1. The zero-order valence-corrected chi connectivity index (χ0v) is 17.8. The minimum Gasteiger partial charge on any atom is -0.489 e. The molecule has 6 nitrogen and oxygen atoms in total. The van der Waals surface area contributed by atoms with Crippen molar-refractivity contribution < 1.29 is 19.1 Å². The lowest BCUT2D eigenvalue weighted by Crippen LogP contribution is -2.31. The Morgan fingerprint density at radius 3 is 2.65 bits per heavy atom.